The van der Waals surface area contributed by atoms with E-state index in [0.29, 0.717) is 0 Å². The van der Waals surface area contributed by atoms with Crippen molar-refractivity contribution >= 4 is 6.09 Å². The zero-order valence-electron chi connectivity index (χ0n) is 8.79. The molecule has 0 heterocycles. The van der Waals surface area contributed by atoms with Crippen molar-refractivity contribution in [3.63, 3.8) is 0 Å². The predicted molar refractivity (Wildman–Crippen MR) is 50.4 cm³/mol. The summed E-state index contributed by atoms with van der Waals surface area (Å²) in [6.45, 7) is 6.53. The molecule has 0 unspecified atom stereocenters. The molecule has 0 aromatic rings. The number of carbonyl (C=O) groups excluding carboxylic acids is 1. The lowest BCUT2D eigenvalue weighted by molar-refractivity contribution is 0.0143. The summed E-state index contributed by atoms with van der Waals surface area (Å²) in [6.07, 6.45) is 0.00000850. The van der Waals surface area contributed by atoms with E-state index >= 15 is 0 Å². The van der Waals surface area contributed by atoms with Gasteiger partial charge in [-0.2, -0.15) is 0 Å². The van der Waals surface area contributed by atoms with Crippen LogP contribution in [0.5, 0.6) is 0 Å². The summed E-state index contributed by atoms with van der Waals surface area (Å²) in [5.74, 6) is 0. The van der Waals surface area contributed by atoms with Crippen LogP contribution in [0.25, 0.3) is 0 Å². The average Bonchev–Trinajstić information content (AvgIpc) is 1.95. The van der Waals surface area contributed by atoms with Crippen molar-refractivity contribution < 1.29 is 14.3 Å². The van der Waals surface area contributed by atoms with Gasteiger partial charge in [-0.3, -0.25) is 0 Å². The molecule has 0 aromatic heterocycles. The first-order valence-electron chi connectivity index (χ1n) is 4.30. The molecule has 0 saturated heterocycles. The highest BCUT2D eigenvalue weighted by molar-refractivity contribution is 5.64. The molecule has 1 amide bonds. The van der Waals surface area contributed by atoms with Crippen LogP contribution in [0.3, 0.4) is 0 Å². The molecule has 0 radical (unpaired) electrons. The number of hydrogen-bond acceptors (Lipinski definition) is 3. The van der Waals surface area contributed by atoms with Gasteiger partial charge in [-0.15, -0.1) is 0 Å². The van der Waals surface area contributed by atoms with E-state index in [1.807, 2.05) is 0 Å². The van der Waals surface area contributed by atoms with Crippen LogP contribution in [0.1, 0.15) is 27.2 Å². The highest BCUT2D eigenvalue weighted by atomic mass is 16.6. The summed E-state index contributed by atoms with van der Waals surface area (Å²) in [5, 5.41) is 0. The van der Waals surface area contributed by atoms with Gasteiger partial charge in [0.2, 0.25) is 0 Å². The number of amides is 1. The van der Waals surface area contributed by atoms with Crippen molar-refractivity contribution in [2.45, 2.75) is 33.3 Å². The third kappa shape index (κ3) is 7.59. The lowest BCUT2D eigenvalue weighted by atomic mass is 9.89. The van der Waals surface area contributed by atoms with Gasteiger partial charge >= 0.3 is 6.09 Å². The van der Waals surface area contributed by atoms with Crippen LogP contribution in [0, 0.1) is 5.41 Å². The molecule has 0 fully saturated rings. The third-order valence-corrected chi connectivity index (χ3v) is 1.58. The molecule has 4 heteroatoms. The number of carbonyl (C=O) groups is 1. The van der Waals surface area contributed by atoms with E-state index < -0.39 is 6.09 Å². The third-order valence-electron chi connectivity index (χ3n) is 1.58. The lowest BCUT2D eigenvalue weighted by Gasteiger charge is -2.24. The zero-order chi connectivity index (χ0) is 10.5. The van der Waals surface area contributed by atoms with Crippen molar-refractivity contribution in [1.29, 1.82) is 0 Å². The van der Waals surface area contributed by atoms with Gasteiger partial charge in [0, 0.05) is 7.11 Å². The van der Waals surface area contributed by atoms with Crippen LogP contribution in [0.15, 0.2) is 0 Å². The Morgan fingerprint density at radius 1 is 1.46 bits per heavy atom. The number of hydrogen-bond donors (Lipinski definition) is 1. The SMILES string of the molecule is CO[C@@H](COC(N)=O)CC(C)(C)C. The molecule has 2 N–H and O–H groups in total. The Morgan fingerprint density at radius 3 is 2.31 bits per heavy atom. The molecule has 13 heavy (non-hydrogen) atoms. The molecule has 0 aliphatic rings. The van der Waals surface area contributed by atoms with Gasteiger partial charge in [-0.25, -0.2) is 4.79 Å². The van der Waals surface area contributed by atoms with Crippen LogP contribution >= 0.6 is 0 Å². The summed E-state index contributed by atoms with van der Waals surface area (Å²) >= 11 is 0. The molecule has 0 aromatic carbocycles. The second-order valence-electron chi connectivity index (χ2n) is 4.25. The molecule has 78 valence electrons. The predicted octanol–water partition coefficient (Wildman–Crippen LogP) is 1.53. The highest BCUT2D eigenvalue weighted by Gasteiger charge is 2.19. The van der Waals surface area contributed by atoms with Crippen molar-refractivity contribution in [2.75, 3.05) is 13.7 Å². The minimum atomic E-state index is -0.754. The topological polar surface area (TPSA) is 61.6 Å². The minimum absolute atomic E-state index is 0.0764. The van der Waals surface area contributed by atoms with Gasteiger partial charge in [0.15, 0.2) is 0 Å². The van der Waals surface area contributed by atoms with Crippen molar-refractivity contribution in [3.05, 3.63) is 0 Å². The first-order chi connectivity index (χ1) is 5.85. The maximum Gasteiger partial charge on any atom is 0.404 e. The maximum atomic E-state index is 10.3. The molecule has 0 spiro atoms. The van der Waals surface area contributed by atoms with Crippen molar-refractivity contribution in [3.8, 4) is 0 Å². The zero-order valence-corrected chi connectivity index (χ0v) is 8.79. The molecular formula is C9H19NO3. The quantitative estimate of drug-likeness (QED) is 0.729. The van der Waals surface area contributed by atoms with Gasteiger partial charge in [0.1, 0.15) is 6.61 Å². The number of ether oxygens (including phenoxy) is 2. The smallest absolute Gasteiger partial charge is 0.404 e. The van der Waals surface area contributed by atoms with E-state index in [9.17, 15) is 4.79 Å². The monoisotopic (exact) mass is 189 g/mol. The van der Waals surface area contributed by atoms with Crippen LogP contribution in [0.4, 0.5) is 4.79 Å². The van der Waals surface area contributed by atoms with Crippen LogP contribution < -0.4 is 5.73 Å². The van der Waals surface area contributed by atoms with Crippen LogP contribution in [-0.4, -0.2) is 25.9 Å². The van der Waals surface area contributed by atoms with Crippen LogP contribution in [-0.2, 0) is 9.47 Å². The summed E-state index contributed by atoms with van der Waals surface area (Å²) in [7, 11) is 1.60. The Hall–Kier alpha value is -0.770. The largest absolute Gasteiger partial charge is 0.447 e. The van der Waals surface area contributed by atoms with Gasteiger partial charge in [0.25, 0.3) is 0 Å². The van der Waals surface area contributed by atoms with E-state index in [2.05, 4.69) is 25.5 Å². The summed E-state index contributed by atoms with van der Waals surface area (Å²) in [5.41, 5.74) is 5.00. The minimum Gasteiger partial charge on any atom is -0.447 e. The molecular weight excluding hydrogens is 170 g/mol. The first kappa shape index (κ1) is 12.2. The fourth-order valence-electron chi connectivity index (χ4n) is 1.07. The van der Waals surface area contributed by atoms with E-state index in [-0.39, 0.29) is 18.1 Å². The summed E-state index contributed by atoms with van der Waals surface area (Å²) in [4.78, 5) is 10.3. The molecule has 0 aliphatic heterocycles. The maximum absolute atomic E-state index is 10.3. The average molecular weight is 189 g/mol. The first-order valence-corrected chi connectivity index (χ1v) is 4.30. The Bertz CT molecular complexity index is 163. The lowest BCUT2D eigenvalue weighted by Crippen LogP contribution is -2.27. The normalized spacial score (nSPS) is 13.8. The Kier molecular flexibility index (Phi) is 4.77. The number of rotatable bonds is 4. The second-order valence-corrected chi connectivity index (χ2v) is 4.25. The standard InChI is InChI=1S/C9H19NO3/c1-9(2,3)5-7(12-4)6-13-8(10)11/h7H,5-6H2,1-4H3,(H2,10,11)/t7-/m1/s1. The number of nitrogens with two attached hydrogens (primary N) is 1. The Balaban J connectivity index is 3.83. The van der Waals surface area contributed by atoms with E-state index in [0.717, 1.165) is 6.42 Å². The van der Waals surface area contributed by atoms with Gasteiger partial charge in [-0.05, 0) is 11.8 Å². The van der Waals surface area contributed by atoms with E-state index in [4.69, 9.17) is 10.5 Å². The molecule has 0 bridgehead atoms. The fourth-order valence-corrected chi connectivity index (χ4v) is 1.07. The molecule has 1 atom stereocenters. The summed E-state index contributed by atoms with van der Waals surface area (Å²) < 4.78 is 9.80. The molecule has 0 saturated carbocycles. The van der Waals surface area contributed by atoms with Gasteiger partial charge < -0.3 is 15.2 Å². The Labute approximate surface area is 79.4 Å². The molecule has 0 rings (SSSR count). The van der Waals surface area contributed by atoms with E-state index in [1.54, 1.807) is 7.11 Å². The number of primary amides is 1. The molecule has 0 aliphatic carbocycles. The van der Waals surface area contributed by atoms with Crippen LogP contribution in [0.2, 0.25) is 0 Å². The van der Waals surface area contributed by atoms with Crippen molar-refractivity contribution in [2.24, 2.45) is 11.1 Å². The van der Waals surface area contributed by atoms with Crippen molar-refractivity contribution in [1.82, 2.24) is 0 Å². The fraction of sp³-hybridized carbons (Fsp3) is 0.889. The summed E-state index contributed by atoms with van der Waals surface area (Å²) in [6, 6.07) is 0. The van der Waals surface area contributed by atoms with Gasteiger partial charge in [-0.1, -0.05) is 20.8 Å². The molecule has 4 nitrogen and oxygen atoms in total. The Morgan fingerprint density at radius 2 is 2.00 bits per heavy atom. The highest BCUT2D eigenvalue weighted by Crippen LogP contribution is 2.22. The second kappa shape index (κ2) is 5.07. The van der Waals surface area contributed by atoms with Gasteiger partial charge in [0.05, 0.1) is 6.10 Å². The van der Waals surface area contributed by atoms with E-state index in [1.165, 1.54) is 0 Å². The number of methoxy groups -OCH3 is 1.